The summed E-state index contributed by atoms with van der Waals surface area (Å²) < 4.78 is 1.95. The molecule has 3 aromatic carbocycles. The smallest absolute Gasteiger partial charge is 0.146 e. The molecule has 1 heterocycles. The third-order valence-corrected chi connectivity index (χ3v) is 5.82. The van der Waals surface area contributed by atoms with Gasteiger partial charge in [0.15, 0.2) is 0 Å². The van der Waals surface area contributed by atoms with Crippen LogP contribution in [0.25, 0.3) is 28.2 Å². The molecule has 0 saturated heterocycles. The number of benzene rings is 3. The first-order valence-electron chi connectivity index (χ1n) is 10.5. The zero-order valence-corrected chi connectivity index (χ0v) is 19.4. The Kier molecular flexibility index (Phi) is 5.72. The van der Waals surface area contributed by atoms with Crippen LogP contribution in [-0.2, 0) is 11.2 Å². The SMILES string of the molecule is CC(C)(O)c1cccc(-c2ccc(-n3cc(C(C)(C)O)nc3-c3ccccc3Cl)cc2)c1. The molecule has 0 spiro atoms. The predicted molar refractivity (Wildman–Crippen MR) is 130 cm³/mol. The minimum atomic E-state index is -1.08. The van der Waals surface area contributed by atoms with E-state index >= 15 is 0 Å². The van der Waals surface area contributed by atoms with E-state index in [1.165, 1.54) is 0 Å². The van der Waals surface area contributed by atoms with Crippen molar-refractivity contribution in [2.24, 2.45) is 0 Å². The van der Waals surface area contributed by atoms with Crippen molar-refractivity contribution in [1.29, 1.82) is 0 Å². The molecule has 0 saturated carbocycles. The Morgan fingerprint density at radius 3 is 2.09 bits per heavy atom. The number of aromatic nitrogens is 2. The summed E-state index contributed by atoms with van der Waals surface area (Å²) in [5.74, 6) is 0.671. The van der Waals surface area contributed by atoms with Crippen LogP contribution in [0.15, 0.2) is 79.0 Å². The largest absolute Gasteiger partial charge is 0.386 e. The molecular formula is C27H27ClN2O2. The molecule has 5 heteroatoms. The summed E-state index contributed by atoms with van der Waals surface area (Å²) in [4.78, 5) is 4.71. The molecule has 0 amide bonds. The Labute approximate surface area is 193 Å². The Bertz CT molecular complexity index is 1250. The van der Waals surface area contributed by atoms with Gasteiger partial charge < -0.3 is 10.2 Å². The second-order valence-corrected chi connectivity index (χ2v) is 9.45. The molecule has 0 radical (unpaired) electrons. The van der Waals surface area contributed by atoms with E-state index in [1.54, 1.807) is 27.7 Å². The summed E-state index contributed by atoms with van der Waals surface area (Å²) in [5.41, 5.74) is 3.23. The van der Waals surface area contributed by atoms with Gasteiger partial charge in [0.1, 0.15) is 11.4 Å². The highest BCUT2D eigenvalue weighted by Gasteiger charge is 2.24. The molecule has 164 valence electrons. The van der Waals surface area contributed by atoms with Crippen molar-refractivity contribution in [3.63, 3.8) is 0 Å². The summed E-state index contributed by atoms with van der Waals surface area (Å²) in [6, 6.07) is 23.6. The average Bonchev–Trinajstić information content (AvgIpc) is 3.19. The molecule has 0 atom stereocenters. The molecule has 1 aromatic heterocycles. The monoisotopic (exact) mass is 446 g/mol. The number of rotatable bonds is 5. The van der Waals surface area contributed by atoms with Gasteiger partial charge in [0.25, 0.3) is 0 Å². The van der Waals surface area contributed by atoms with E-state index in [0.717, 1.165) is 27.9 Å². The van der Waals surface area contributed by atoms with E-state index in [2.05, 4.69) is 0 Å². The summed E-state index contributed by atoms with van der Waals surface area (Å²) in [7, 11) is 0. The highest BCUT2D eigenvalue weighted by Crippen LogP contribution is 2.33. The van der Waals surface area contributed by atoms with Gasteiger partial charge in [0, 0.05) is 17.4 Å². The van der Waals surface area contributed by atoms with Crippen molar-refractivity contribution in [3.8, 4) is 28.2 Å². The maximum Gasteiger partial charge on any atom is 0.146 e. The Morgan fingerprint density at radius 2 is 1.47 bits per heavy atom. The second-order valence-electron chi connectivity index (χ2n) is 9.05. The van der Waals surface area contributed by atoms with Gasteiger partial charge >= 0.3 is 0 Å². The molecule has 0 aliphatic heterocycles. The standard InChI is InChI=1S/C27H27ClN2O2/c1-26(2,31)20-9-7-8-19(16-20)18-12-14-21(15-13-18)30-17-24(27(3,4)32)29-25(30)22-10-5-6-11-23(22)28/h5-17,31-32H,1-4H3. The van der Waals surface area contributed by atoms with Crippen LogP contribution in [0.5, 0.6) is 0 Å². The maximum atomic E-state index is 10.5. The first kappa shape index (κ1) is 22.3. The molecule has 0 bridgehead atoms. The molecule has 4 rings (SSSR count). The predicted octanol–water partition coefficient (Wildman–Crippen LogP) is 6.31. The van der Waals surface area contributed by atoms with Crippen molar-refractivity contribution in [1.82, 2.24) is 9.55 Å². The number of hydrogen-bond donors (Lipinski definition) is 2. The van der Waals surface area contributed by atoms with Gasteiger partial charge in [-0.1, -0.05) is 54.1 Å². The molecular weight excluding hydrogens is 420 g/mol. The van der Waals surface area contributed by atoms with E-state index in [-0.39, 0.29) is 0 Å². The summed E-state index contributed by atoms with van der Waals surface area (Å²) in [6.45, 7) is 7.00. The molecule has 0 unspecified atom stereocenters. The second kappa shape index (κ2) is 8.21. The van der Waals surface area contributed by atoms with Crippen LogP contribution in [0.3, 0.4) is 0 Å². The lowest BCUT2D eigenvalue weighted by molar-refractivity contribution is 0.0742. The molecule has 4 nitrogen and oxygen atoms in total. The molecule has 2 N–H and O–H groups in total. The van der Waals surface area contributed by atoms with Crippen LogP contribution in [-0.4, -0.2) is 19.8 Å². The van der Waals surface area contributed by atoms with Gasteiger partial charge in [-0.2, -0.15) is 0 Å². The summed E-state index contributed by atoms with van der Waals surface area (Å²) >= 11 is 6.46. The van der Waals surface area contributed by atoms with Crippen molar-refractivity contribution in [2.45, 2.75) is 38.9 Å². The molecule has 0 aliphatic carbocycles. The zero-order chi connectivity index (χ0) is 23.1. The van der Waals surface area contributed by atoms with E-state index in [9.17, 15) is 10.2 Å². The quantitative estimate of drug-likeness (QED) is 0.377. The lowest BCUT2D eigenvalue weighted by Gasteiger charge is -2.18. The van der Waals surface area contributed by atoms with Crippen LogP contribution in [0.4, 0.5) is 0 Å². The molecule has 32 heavy (non-hydrogen) atoms. The van der Waals surface area contributed by atoms with E-state index in [1.807, 2.05) is 83.6 Å². The number of imidazole rings is 1. The van der Waals surface area contributed by atoms with Crippen LogP contribution in [0.2, 0.25) is 5.02 Å². The maximum absolute atomic E-state index is 10.5. The molecule has 0 fully saturated rings. The first-order chi connectivity index (χ1) is 15.0. The van der Waals surface area contributed by atoms with Crippen LogP contribution in [0, 0.1) is 0 Å². The third-order valence-electron chi connectivity index (χ3n) is 5.50. The minimum Gasteiger partial charge on any atom is -0.386 e. The Morgan fingerprint density at radius 1 is 0.781 bits per heavy atom. The Balaban J connectivity index is 1.78. The normalized spacial score (nSPS) is 12.2. The van der Waals surface area contributed by atoms with Crippen molar-refractivity contribution < 1.29 is 10.2 Å². The minimum absolute atomic E-state index is 0.564. The average molecular weight is 447 g/mol. The number of nitrogens with zero attached hydrogens (tertiary/aromatic N) is 2. The van der Waals surface area contributed by atoms with E-state index < -0.39 is 11.2 Å². The molecule has 4 aromatic rings. The van der Waals surface area contributed by atoms with Crippen molar-refractivity contribution >= 4 is 11.6 Å². The highest BCUT2D eigenvalue weighted by atomic mass is 35.5. The van der Waals surface area contributed by atoms with Crippen molar-refractivity contribution in [2.75, 3.05) is 0 Å². The van der Waals surface area contributed by atoms with E-state index in [0.29, 0.717) is 16.5 Å². The Hall–Kier alpha value is -2.92. The fraction of sp³-hybridized carbons (Fsp3) is 0.222. The van der Waals surface area contributed by atoms with Crippen molar-refractivity contribution in [3.05, 3.63) is 95.3 Å². The fourth-order valence-corrected chi connectivity index (χ4v) is 3.82. The molecule has 0 aliphatic rings. The van der Waals surface area contributed by atoms with Gasteiger partial charge in [0.05, 0.1) is 16.3 Å². The summed E-state index contributed by atoms with van der Waals surface area (Å²) in [5, 5.41) is 21.5. The lowest BCUT2D eigenvalue weighted by atomic mass is 9.94. The van der Waals surface area contributed by atoms with Crippen LogP contribution >= 0.6 is 11.6 Å². The number of aliphatic hydroxyl groups is 2. The highest BCUT2D eigenvalue weighted by molar-refractivity contribution is 6.33. The third kappa shape index (κ3) is 4.49. The van der Waals surface area contributed by atoms with Gasteiger partial charge in [-0.15, -0.1) is 0 Å². The summed E-state index contributed by atoms with van der Waals surface area (Å²) in [6.07, 6.45) is 1.85. The lowest BCUT2D eigenvalue weighted by Crippen LogP contribution is -2.15. The topological polar surface area (TPSA) is 58.3 Å². The van der Waals surface area contributed by atoms with Gasteiger partial charge in [-0.25, -0.2) is 4.98 Å². The number of halogens is 1. The number of hydrogen-bond acceptors (Lipinski definition) is 3. The van der Waals surface area contributed by atoms with Gasteiger partial charge in [-0.05, 0) is 74.7 Å². The van der Waals surface area contributed by atoms with Gasteiger partial charge in [-0.3, -0.25) is 4.57 Å². The van der Waals surface area contributed by atoms with Crippen LogP contribution in [0.1, 0.15) is 39.0 Å². The van der Waals surface area contributed by atoms with Gasteiger partial charge in [0.2, 0.25) is 0 Å². The first-order valence-corrected chi connectivity index (χ1v) is 10.9. The van der Waals surface area contributed by atoms with Crippen LogP contribution < -0.4 is 0 Å². The zero-order valence-electron chi connectivity index (χ0n) is 18.7. The fourth-order valence-electron chi connectivity index (χ4n) is 3.60. The van der Waals surface area contributed by atoms with E-state index in [4.69, 9.17) is 16.6 Å².